The Labute approximate surface area is 94.3 Å². The smallest absolute Gasteiger partial charge is 0.179 e. The number of nitrogens with zero attached hydrogens (tertiary/aromatic N) is 2. The van der Waals surface area contributed by atoms with Crippen molar-refractivity contribution >= 4 is 5.82 Å². The highest BCUT2D eigenvalue weighted by Crippen LogP contribution is 2.19. The summed E-state index contributed by atoms with van der Waals surface area (Å²) >= 11 is 0. The number of hydrogen-bond acceptors (Lipinski definition) is 4. The molecule has 82 valence electrons. The molecule has 0 saturated carbocycles. The van der Waals surface area contributed by atoms with E-state index in [4.69, 9.17) is 4.74 Å². The first-order valence-electron chi connectivity index (χ1n) is 5.02. The van der Waals surface area contributed by atoms with E-state index in [0.29, 0.717) is 18.1 Å². The zero-order valence-corrected chi connectivity index (χ0v) is 9.05. The highest BCUT2D eigenvalue weighted by molar-refractivity contribution is 5.48. The molecule has 1 aromatic heterocycles. The average molecular weight is 215 g/mol. The Morgan fingerprint density at radius 1 is 1.25 bits per heavy atom. The second-order valence-corrected chi connectivity index (χ2v) is 3.28. The second-order valence-electron chi connectivity index (χ2n) is 3.28. The molecular formula is C12H13N3O. The van der Waals surface area contributed by atoms with Crippen LogP contribution in [-0.4, -0.2) is 17.1 Å². The minimum Gasteiger partial charge on any atom is -0.491 e. The fraction of sp³-hybridized carbons (Fsp3) is 0.167. The van der Waals surface area contributed by atoms with Crippen LogP contribution in [0.2, 0.25) is 0 Å². The van der Waals surface area contributed by atoms with E-state index in [0.717, 1.165) is 0 Å². The normalized spacial score (nSPS) is 9.81. The molecule has 0 amide bonds. The maximum Gasteiger partial charge on any atom is 0.179 e. The Kier molecular flexibility index (Phi) is 3.33. The Hall–Kier alpha value is -2.10. The molecule has 4 heteroatoms. The Morgan fingerprint density at radius 3 is 2.81 bits per heavy atom. The predicted molar refractivity (Wildman–Crippen MR) is 62.4 cm³/mol. The van der Waals surface area contributed by atoms with Crippen molar-refractivity contribution in [2.45, 2.75) is 6.54 Å². The van der Waals surface area contributed by atoms with Crippen LogP contribution >= 0.6 is 0 Å². The summed E-state index contributed by atoms with van der Waals surface area (Å²) in [6.45, 7) is 0.716. The first-order chi connectivity index (χ1) is 7.90. The van der Waals surface area contributed by atoms with Gasteiger partial charge in [-0.2, -0.15) is 0 Å². The lowest BCUT2D eigenvalue weighted by atomic mass is 10.2. The van der Waals surface area contributed by atoms with Crippen LogP contribution < -0.4 is 10.1 Å². The van der Waals surface area contributed by atoms with E-state index in [1.54, 1.807) is 13.3 Å². The van der Waals surface area contributed by atoms with Gasteiger partial charge in [0.2, 0.25) is 0 Å². The molecule has 0 fully saturated rings. The van der Waals surface area contributed by atoms with Crippen LogP contribution in [0.4, 0.5) is 5.82 Å². The average Bonchev–Trinajstić information content (AvgIpc) is 2.38. The summed E-state index contributed by atoms with van der Waals surface area (Å²) < 4.78 is 5.15. The third kappa shape index (κ3) is 2.48. The molecule has 0 atom stereocenters. The highest BCUT2D eigenvalue weighted by atomic mass is 16.5. The van der Waals surface area contributed by atoms with Crippen molar-refractivity contribution in [3.63, 3.8) is 0 Å². The number of ether oxygens (including phenoxy) is 1. The molecule has 0 aliphatic rings. The fourth-order valence-electron chi connectivity index (χ4n) is 1.38. The summed E-state index contributed by atoms with van der Waals surface area (Å²) in [5, 5.41) is 3.20. The van der Waals surface area contributed by atoms with E-state index < -0.39 is 0 Å². The number of anilines is 1. The molecule has 16 heavy (non-hydrogen) atoms. The summed E-state index contributed by atoms with van der Waals surface area (Å²) in [6, 6.07) is 10.1. The van der Waals surface area contributed by atoms with Gasteiger partial charge < -0.3 is 10.1 Å². The molecule has 0 radical (unpaired) electrons. The topological polar surface area (TPSA) is 47.0 Å². The van der Waals surface area contributed by atoms with Crippen LogP contribution in [-0.2, 0) is 6.54 Å². The molecule has 2 aromatic rings. The van der Waals surface area contributed by atoms with Crippen molar-refractivity contribution in [1.82, 2.24) is 9.97 Å². The van der Waals surface area contributed by atoms with E-state index in [9.17, 15) is 0 Å². The lowest BCUT2D eigenvalue weighted by molar-refractivity contribution is 0.412. The van der Waals surface area contributed by atoms with Crippen molar-refractivity contribution < 1.29 is 4.74 Å². The van der Waals surface area contributed by atoms with E-state index in [1.807, 2.05) is 18.2 Å². The summed E-state index contributed by atoms with van der Waals surface area (Å²) in [6.07, 6.45) is 3.14. The highest BCUT2D eigenvalue weighted by Gasteiger charge is 2.02. The van der Waals surface area contributed by atoms with Crippen LogP contribution in [0.15, 0.2) is 42.9 Å². The molecule has 2 rings (SSSR count). The minimum atomic E-state index is 0.651. The van der Waals surface area contributed by atoms with Gasteiger partial charge in [-0.15, -0.1) is 0 Å². The van der Waals surface area contributed by atoms with Gasteiger partial charge >= 0.3 is 0 Å². The van der Waals surface area contributed by atoms with Crippen LogP contribution in [0.25, 0.3) is 0 Å². The minimum absolute atomic E-state index is 0.651. The van der Waals surface area contributed by atoms with E-state index in [-0.39, 0.29) is 0 Å². The largest absolute Gasteiger partial charge is 0.491 e. The molecule has 0 unspecified atom stereocenters. The molecule has 0 saturated heterocycles. The molecule has 1 N–H and O–H groups in total. The van der Waals surface area contributed by atoms with E-state index in [1.165, 1.54) is 11.9 Å². The number of benzene rings is 1. The van der Waals surface area contributed by atoms with Gasteiger partial charge in [-0.1, -0.05) is 30.3 Å². The van der Waals surface area contributed by atoms with Gasteiger partial charge in [0.15, 0.2) is 11.6 Å². The van der Waals surface area contributed by atoms with Gasteiger partial charge in [-0.3, -0.25) is 0 Å². The molecular weight excluding hydrogens is 202 g/mol. The molecule has 0 aliphatic heterocycles. The van der Waals surface area contributed by atoms with Gasteiger partial charge in [0.1, 0.15) is 6.33 Å². The van der Waals surface area contributed by atoms with Crippen molar-refractivity contribution in [3.05, 3.63) is 48.4 Å². The third-order valence-electron chi connectivity index (χ3n) is 2.20. The summed E-state index contributed by atoms with van der Waals surface area (Å²) in [5.74, 6) is 1.36. The molecule has 0 spiro atoms. The predicted octanol–water partition coefficient (Wildman–Crippen LogP) is 2.10. The van der Waals surface area contributed by atoms with Gasteiger partial charge in [-0.25, -0.2) is 9.97 Å². The van der Waals surface area contributed by atoms with Gasteiger partial charge in [-0.05, 0) is 5.56 Å². The number of rotatable bonds is 4. The zero-order chi connectivity index (χ0) is 11.2. The summed E-state index contributed by atoms with van der Waals surface area (Å²) in [5.41, 5.74) is 1.20. The fourth-order valence-corrected chi connectivity index (χ4v) is 1.38. The van der Waals surface area contributed by atoms with E-state index in [2.05, 4.69) is 27.4 Å². The maximum absolute atomic E-state index is 5.15. The Bertz CT molecular complexity index is 445. The first kappa shape index (κ1) is 10.4. The number of hydrogen-bond donors (Lipinski definition) is 1. The quantitative estimate of drug-likeness (QED) is 0.848. The van der Waals surface area contributed by atoms with Crippen LogP contribution in [0, 0.1) is 0 Å². The lowest BCUT2D eigenvalue weighted by Gasteiger charge is -2.08. The maximum atomic E-state index is 5.15. The van der Waals surface area contributed by atoms with Crippen molar-refractivity contribution in [3.8, 4) is 5.75 Å². The van der Waals surface area contributed by atoms with Gasteiger partial charge in [0.25, 0.3) is 0 Å². The van der Waals surface area contributed by atoms with Crippen molar-refractivity contribution in [1.29, 1.82) is 0 Å². The second kappa shape index (κ2) is 5.11. The molecule has 1 aromatic carbocycles. The standard InChI is InChI=1S/C12H13N3O/c1-16-11-8-13-9-15-12(11)14-7-10-5-3-2-4-6-10/h2-6,8-9H,7H2,1H3,(H,13,14,15). The SMILES string of the molecule is COc1cncnc1NCc1ccccc1. The summed E-state index contributed by atoms with van der Waals surface area (Å²) in [7, 11) is 1.60. The van der Waals surface area contributed by atoms with Crippen LogP contribution in [0.1, 0.15) is 5.56 Å². The van der Waals surface area contributed by atoms with E-state index >= 15 is 0 Å². The Morgan fingerprint density at radius 2 is 2.06 bits per heavy atom. The van der Waals surface area contributed by atoms with Crippen molar-refractivity contribution in [2.24, 2.45) is 0 Å². The third-order valence-corrected chi connectivity index (χ3v) is 2.20. The first-order valence-corrected chi connectivity index (χ1v) is 5.02. The molecule has 4 nitrogen and oxygen atoms in total. The molecule has 1 heterocycles. The van der Waals surface area contributed by atoms with Crippen LogP contribution in [0.3, 0.4) is 0 Å². The van der Waals surface area contributed by atoms with Gasteiger partial charge in [0.05, 0.1) is 13.3 Å². The Balaban J connectivity index is 2.05. The van der Waals surface area contributed by atoms with Gasteiger partial charge in [0, 0.05) is 6.54 Å². The summed E-state index contributed by atoms with van der Waals surface area (Å²) in [4.78, 5) is 8.01. The van der Waals surface area contributed by atoms with Crippen molar-refractivity contribution in [2.75, 3.05) is 12.4 Å². The molecule has 0 bridgehead atoms. The molecule has 0 aliphatic carbocycles. The number of methoxy groups -OCH3 is 1. The monoisotopic (exact) mass is 215 g/mol. The zero-order valence-electron chi connectivity index (χ0n) is 9.05. The number of nitrogens with one attached hydrogen (secondary N) is 1. The lowest BCUT2D eigenvalue weighted by Crippen LogP contribution is -2.03. The van der Waals surface area contributed by atoms with Crippen LogP contribution in [0.5, 0.6) is 5.75 Å². The number of aromatic nitrogens is 2.